The molecule has 1 unspecified atom stereocenters. The van der Waals surface area contributed by atoms with Crippen LogP contribution in [0.25, 0.3) is 11.0 Å². The van der Waals surface area contributed by atoms with Crippen molar-refractivity contribution in [2.24, 2.45) is 0 Å². The zero-order valence-electron chi connectivity index (χ0n) is 9.44. The fraction of sp³-hybridized carbons (Fsp3) is 0.308. The molecule has 0 radical (unpaired) electrons. The Bertz CT molecular complexity index is 545. The molecule has 0 fully saturated rings. The van der Waals surface area contributed by atoms with Crippen molar-refractivity contribution in [2.45, 2.75) is 25.9 Å². The first-order valence-electron chi connectivity index (χ1n) is 5.53. The van der Waals surface area contributed by atoms with Crippen molar-refractivity contribution < 1.29 is 14.3 Å². The van der Waals surface area contributed by atoms with E-state index in [4.69, 9.17) is 16.0 Å². The molecule has 17 heavy (non-hydrogen) atoms. The summed E-state index contributed by atoms with van der Waals surface area (Å²) in [5.74, 6) is -0.229. The van der Waals surface area contributed by atoms with E-state index in [0.717, 1.165) is 11.8 Å². The molecule has 90 valence electrons. The van der Waals surface area contributed by atoms with Gasteiger partial charge in [0.1, 0.15) is 6.10 Å². The number of halogens is 1. The van der Waals surface area contributed by atoms with Crippen LogP contribution in [0.4, 0.5) is 0 Å². The van der Waals surface area contributed by atoms with Gasteiger partial charge in [0, 0.05) is 5.39 Å². The third-order valence-corrected chi connectivity index (χ3v) is 2.90. The molecule has 1 aromatic carbocycles. The van der Waals surface area contributed by atoms with Crippen molar-refractivity contribution in [1.29, 1.82) is 0 Å². The van der Waals surface area contributed by atoms with E-state index < -0.39 is 6.10 Å². The average molecular weight is 253 g/mol. The lowest BCUT2D eigenvalue weighted by Crippen LogP contribution is -2.19. The Kier molecular flexibility index (Phi) is 3.50. The van der Waals surface area contributed by atoms with Gasteiger partial charge in [-0.25, -0.2) is 0 Å². The molecule has 1 aromatic heterocycles. The van der Waals surface area contributed by atoms with Gasteiger partial charge in [-0.1, -0.05) is 37.1 Å². The molecule has 1 heterocycles. The first kappa shape index (κ1) is 12.1. The van der Waals surface area contributed by atoms with E-state index in [1.807, 2.05) is 13.0 Å². The molecule has 2 aromatic rings. The number of fused-ring (bicyclic) bond motifs is 1. The summed E-state index contributed by atoms with van der Waals surface area (Å²) >= 11 is 5.95. The molecule has 0 saturated heterocycles. The third kappa shape index (κ3) is 2.35. The van der Waals surface area contributed by atoms with Gasteiger partial charge in [0.2, 0.25) is 5.78 Å². The normalized spacial score (nSPS) is 12.9. The number of Topliss-reactive ketones (excluding diaryl/α,β-unsaturated/α-hetero) is 1. The van der Waals surface area contributed by atoms with E-state index in [-0.39, 0.29) is 11.5 Å². The fourth-order valence-electron chi connectivity index (χ4n) is 1.72. The van der Waals surface area contributed by atoms with Crippen molar-refractivity contribution in [2.75, 3.05) is 0 Å². The molecule has 0 aliphatic rings. The Balaban J connectivity index is 2.37. The van der Waals surface area contributed by atoms with E-state index in [1.165, 1.54) is 0 Å². The van der Waals surface area contributed by atoms with Gasteiger partial charge in [-0.3, -0.25) is 4.79 Å². The summed E-state index contributed by atoms with van der Waals surface area (Å²) in [4.78, 5) is 11.8. The monoisotopic (exact) mass is 252 g/mol. The molecule has 0 spiro atoms. The predicted octanol–water partition coefficient (Wildman–Crippen LogP) is 3.43. The van der Waals surface area contributed by atoms with Gasteiger partial charge in [-0.2, -0.15) is 0 Å². The minimum Gasteiger partial charge on any atom is -0.451 e. The highest BCUT2D eigenvalue weighted by atomic mass is 35.5. The van der Waals surface area contributed by atoms with Crippen LogP contribution in [0, 0.1) is 0 Å². The quantitative estimate of drug-likeness (QED) is 0.848. The summed E-state index contributed by atoms with van der Waals surface area (Å²) in [6.07, 6.45) is 0.177. The van der Waals surface area contributed by atoms with E-state index in [2.05, 4.69) is 0 Å². The number of carbonyl (C=O) groups excluding carboxylic acids is 1. The molecule has 0 aliphatic heterocycles. The maximum atomic E-state index is 11.8. The van der Waals surface area contributed by atoms with Gasteiger partial charge >= 0.3 is 0 Å². The first-order chi connectivity index (χ1) is 8.13. The SMILES string of the molecule is CCCC(O)C(=O)c1cc2cccc(Cl)c2o1. The summed E-state index contributed by atoms with van der Waals surface area (Å²) in [5.41, 5.74) is 0.487. The Labute approximate surface area is 104 Å². The van der Waals surface area contributed by atoms with Crippen molar-refractivity contribution in [3.63, 3.8) is 0 Å². The van der Waals surface area contributed by atoms with E-state index in [0.29, 0.717) is 17.0 Å². The number of benzene rings is 1. The van der Waals surface area contributed by atoms with Gasteiger partial charge in [0.25, 0.3) is 0 Å². The van der Waals surface area contributed by atoms with Crippen LogP contribution < -0.4 is 0 Å². The van der Waals surface area contributed by atoms with Gasteiger partial charge in [0.15, 0.2) is 11.3 Å². The first-order valence-corrected chi connectivity index (χ1v) is 5.91. The molecular formula is C13H13ClO3. The minimum atomic E-state index is -1.00. The van der Waals surface area contributed by atoms with Crippen LogP contribution in [0.5, 0.6) is 0 Å². The van der Waals surface area contributed by atoms with Gasteiger partial charge in [0.05, 0.1) is 5.02 Å². The number of aliphatic hydroxyl groups excluding tert-OH is 1. The van der Waals surface area contributed by atoms with Crippen molar-refractivity contribution in [3.05, 3.63) is 35.0 Å². The second-order valence-electron chi connectivity index (χ2n) is 3.94. The number of hydrogen-bond acceptors (Lipinski definition) is 3. The zero-order chi connectivity index (χ0) is 12.4. The summed E-state index contributed by atoms with van der Waals surface area (Å²) in [6.45, 7) is 1.91. The zero-order valence-corrected chi connectivity index (χ0v) is 10.2. The fourth-order valence-corrected chi connectivity index (χ4v) is 1.94. The summed E-state index contributed by atoms with van der Waals surface area (Å²) < 4.78 is 5.39. The predicted molar refractivity (Wildman–Crippen MR) is 66.5 cm³/mol. The standard InChI is InChI=1S/C13H13ClO3/c1-2-4-10(15)12(16)11-7-8-5-3-6-9(14)13(8)17-11/h3,5-7,10,15H,2,4H2,1H3. The van der Waals surface area contributed by atoms with Crippen LogP contribution in [-0.2, 0) is 0 Å². The summed E-state index contributed by atoms with van der Waals surface area (Å²) in [6, 6.07) is 6.91. The molecule has 3 nitrogen and oxygen atoms in total. The largest absolute Gasteiger partial charge is 0.451 e. The molecule has 1 N–H and O–H groups in total. The number of para-hydroxylation sites is 1. The molecule has 0 saturated carbocycles. The second kappa shape index (κ2) is 4.90. The lowest BCUT2D eigenvalue weighted by molar-refractivity contribution is 0.0702. The van der Waals surface area contributed by atoms with Crippen LogP contribution in [0.15, 0.2) is 28.7 Å². The van der Waals surface area contributed by atoms with Crippen LogP contribution in [0.2, 0.25) is 5.02 Å². The molecule has 2 rings (SSSR count). The average Bonchev–Trinajstić information content (AvgIpc) is 2.73. The van der Waals surface area contributed by atoms with E-state index in [1.54, 1.807) is 18.2 Å². The number of rotatable bonds is 4. The number of aliphatic hydroxyl groups is 1. The smallest absolute Gasteiger partial charge is 0.226 e. The van der Waals surface area contributed by atoms with Crippen molar-refractivity contribution in [1.82, 2.24) is 0 Å². The Morgan fingerprint density at radius 1 is 1.53 bits per heavy atom. The number of hydrogen-bond donors (Lipinski definition) is 1. The molecule has 4 heteroatoms. The maximum absolute atomic E-state index is 11.8. The van der Waals surface area contributed by atoms with Crippen LogP contribution in [0.1, 0.15) is 30.3 Å². The Morgan fingerprint density at radius 3 is 2.94 bits per heavy atom. The Hall–Kier alpha value is -1.32. The Morgan fingerprint density at radius 2 is 2.29 bits per heavy atom. The molecule has 0 aliphatic carbocycles. The van der Waals surface area contributed by atoms with E-state index >= 15 is 0 Å². The molecule has 1 atom stereocenters. The number of furan rings is 1. The van der Waals surface area contributed by atoms with Crippen LogP contribution in [0.3, 0.4) is 0 Å². The highest BCUT2D eigenvalue weighted by Crippen LogP contribution is 2.27. The minimum absolute atomic E-state index is 0.161. The molecule has 0 bridgehead atoms. The van der Waals surface area contributed by atoms with Crippen LogP contribution >= 0.6 is 11.6 Å². The van der Waals surface area contributed by atoms with Gasteiger partial charge in [-0.15, -0.1) is 0 Å². The van der Waals surface area contributed by atoms with E-state index in [9.17, 15) is 9.90 Å². The highest BCUT2D eigenvalue weighted by molar-refractivity contribution is 6.34. The number of ketones is 1. The molecular weight excluding hydrogens is 240 g/mol. The lowest BCUT2D eigenvalue weighted by Gasteiger charge is -2.04. The lowest BCUT2D eigenvalue weighted by atomic mass is 10.1. The van der Waals surface area contributed by atoms with Crippen LogP contribution in [-0.4, -0.2) is 17.0 Å². The topological polar surface area (TPSA) is 50.4 Å². The highest BCUT2D eigenvalue weighted by Gasteiger charge is 2.20. The summed E-state index contributed by atoms with van der Waals surface area (Å²) in [5, 5.41) is 10.9. The number of carbonyl (C=O) groups is 1. The van der Waals surface area contributed by atoms with Crippen molar-refractivity contribution in [3.8, 4) is 0 Å². The van der Waals surface area contributed by atoms with Crippen molar-refractivity contribution >= 4 is 28.4 Å². The summed E-state index contributed by atoms with van der Waals surface area (Å²) in [7, 11) is 0. The van der Waals surface area contributed by atoms with Gasteiger partial charge < -0.3 is 9.52 Å². The second-order valence-corrected chi connectivity index (χ2v) is 4.34. The third-order valence-electron chi connectivity index (χ3n) is 2.60. The molecule has 0 amide bonds. The van der Waals surface area contributed by atoms with Gasteiger partial charge in [-0.05, 0) is 18.6 Å². The maximum Gasteiger partial charge on any atom is 0.226 e.